The highest BCUT2D eigenvalue weighted by Crippen LogP contribution is 2.38. The third kappa shape index (κ3) is 3.67. The fourth-order valence-corrected chi connectivity index (χ4v) is 5.65. The van der Waals surface area contributed by atoms with Crippen LogP contribution in [0.1, 0.15) is 63.6 Å². The number of aliphatic carboxylic acids is 1. The zero-order valence-electron chi connectivity index (χ0n) is 18.6. The molecule has 0 spiro atoms. The molecule has 0 saturated heterocycles. The lowest BCUT2D eigenvalue weighted by Crippen LogP contribution is -2.50. The molecule has 3 atom stereocenters. The van der Waals surface area contributed by atoms with Gasteiger partial charge in [-0.3, -0.25) is 24.1 Å². The third-order valence-corrected chi connectivity index (χ3v) is 7.38. The minimum atomic E-state index is -0.964. The standard InChI is InChI=1S/C26H25FN2O5/c27-16-9-10-19-21(13-16)25(32)29(24(19)31)14-22-17-6-2-1-5-15(17)11-12-28(22)23(30)18-7-3-4-8-20(18)26(33)34/h1-2,5-6,9-10,13,18,20,22H,3-4,7-8,11-12,14H2,(H,33,34). The molecule has 1 aliphatic carbocycles. The van der Waals surface area contributed by atoms with E-state index < -0.39 is 41.5 Å². The van der Waals surface area contributed by atoms with Crippen LogP contribution in [0.15, 0.2) is 42.5 Å². The Morgan fingerprint density at radius 1 is 0.971 bits per heavy atom. The molecule has 5 rings (SSSR count). The van der Waals surface area contributed by atoms with Gasteiger partial charge in [0.05, 0.1) is 35.5 Å². The molecule has 3 aliphatic rings. The summed E-state index contributed by atoms with van der Waals surface area (Å²) in [7, 11) is 0. The molecular formula is C26H25FN2O5. The molecule has 176 valence electrons. The van der Waals surface area contributed by atoms with Crippen molar-refractivity contribution < 1.29 is 28.7 Å². The van der Waals surface area contributed by atoms with Crippen molar-refractivity contribution >= 4 is 23.7 Å². The quantitative estimate of drug-likeness (QED) is 0.700. The Kier molecular flexibility index (Phi) is 5.67. The van der Waals surface area contributed by atoms with Gasteiger partial charge in [-0.25, -0.2) is 4.39 Å². The summed E-state index contributed by atoms with van der Waals surface area (Å²) in [5.74, 6) is -4.27. The zero-order chi connectivity index (χ0) is 24.0. The molecule has 2 aromatic carbocycles. The van der Waals surface area contributed by atoms with E-state index in [1.165, 1.54) is 6.07 Å². The fourth-order valence-electron chi connectivity index (χ4n) is 5.65. The maximum atomic E-state index is 13.7. The largest absolute Gasteiger partial charge is 0.481 e. The molecule has 1 fully saturated rings. The number of amides is 3. The molecule has 1 N–H and O–H groups in total. The van der Waals surface area contributed by atoms with Gasteiger partial charge in [0, 0.05) is 6.54 Å². The van der Waals surface area contributed by atoms with Crippen LogP contribution in [0.2, 0.25) is 0 Å². The number of carbonyl (C=O) groups excluding carboxylic acids is 3. The Labute approximate surface area is 196 Å². The molecule has 2 heterocycles. The first-order chi connectivity index (χ1) is 16.4. The molecule has 7 nitrogen and oxygen atoms in total. The van der Waals surface area contributed by atoms with Crippen molar-refractivity contribution in [3.8, 4) is 0 Å². The number of hydrogen-bond acceptors (Lipinski definition) is 4. The van der Waals surface area contributed by atoms with E-state index >= 15 is 0 Å². The second-order valence-electron chi connectivity index (χ2n) is 9.24. The van der Waals surface area contributed by atoms with Gasteiger partial charge in [-0.2, -0.15) is 0 Å². The lowest BCUT2D eigenvalue weighted by molar-refractivity contribution is -0.153. The number of nitrogens with zero attached hydrogens (tertiary/aromatic N) is 2. The maximum absolute atomic E-state index is 13.7. The van der Waals surface area contributed by atoms with E-state index in [0.29, 0.717) is 25.8 Å². The van der Waals surface area contributed by atoms with Crippen molar-refractivity contribution in [2.75, 3.05) is 13.1 Å². The summed E-state index contributed by atoms with van der Waals surface area (Å²) >= 11 is 0. The van der Waals surface area contributed by atoms with Crippen molar-refractivity contribution in [1.82, 2.24) is 9.80 Å². The number of fused-ring (bicyclic) bond motifs is 2. The predicted octanol–water partition coefficient (Wildman–Crippen LogP) is 3.44. The van der Waals surface area contributed by atoms with E-state index in [-0.39, 0.29) is 23.6 Å². The molecule has 3 unspecified atom stereocenters. The Balaban J connectivity index is 1.49. The number of imide groups is 1. The number of rotatable bonds is 4. The van der Waals surface area contributed by atoms with Crippen LogP contribution in [-0.4, -0.2) is 51.7 Å². The highest BCUT2D eigenvalue weighted by Gasteiger charge is 2.44. The van der Waals surface area contributed by atoms with Crippen LogP contribution in [0.25, 0.3) is 0 Å². The first-order valence-electron chi connectivity index (χ1n) is 11.6. The van der Waals surface area contributed by atoms with Crippen LogP contribution in [-0.2, 0) is 16.0 Å². The van der Waals surface area contributed by atoms with Crippen molar-refractivity contribution in [3.63, 3.8) is 0 Å². The van der Waals surface area contributed by atoms with Gasteiger partial charge < -0.3 is 10.0 Å². The van der Waals surface area contributed by atoms with Crippen molar-refractivity contribution in [2.24, 2.45) is 11.8 Å². The molecule has 8 heteroatoms. The van der Waals surface area contributed by atoms with E-state index in [9.17, 15) is 28.7 Å². The Bertz CT molecular complexity index is 1200. The maximum Gasteiger partial charge on any atom is 0.307 e. The molecule has 2 aromatic rings. The van der Waals surface area contributed by atoms with E-state index in [1.54, 1.807) is 4.90 Å². The number of hydrogen-bond donors (Lipinski definition) is 1. The first-order valence-corrected chi connectivity index (χ1v) is 11.6. The predicted molar refractivity (Wildman–Crippen MR) is 119 cm³/mol. The van der Waals surface area contributed by atoms with Crippen LogP contribution >= 0.6 is 0 Å². The molecule has 1 saturated carbocycles. The van der Waals surface area contributed by atoms with E-state index in [2.05, 4.69) is 0 Å². The van der Waals surface area contributed by atoms with E-state index in [0.717, 1.165) is 41.0 Å². The van der Waals surface area contributed by atoms with Gasteiger partial charge in [-0.15, -0.1) is 0 Å². The summed E-state index contributed by atoms with van der Waals surface area (Å²) in [5, 5.41) is 9.70. The summed E-state index contributed by atoms with van der Waals surface area (Å²) in [6.07, 6.45) is 3.14. The Morgan fingerprint density at radius 3 is 2.44 bits per heavy atom. The zero-order valence-corrected chi connectivity index (χ0v) is 18.6. The number of carbonyl (C=O) groups is 4. The van der Waals surface area contributed by atoms with Crippen molar-refractivity contribution in [1.29, 1.82) is 0 Å². The van der Waals surface area contributed by atoms with E-state index in [1.807, 2.05) is 24.3 Å². The monoisotopic (exact) mass is 464 g/mol. The first kappa shape index (κ1) is 22.3. The minimum absolute atomic E-state index is 0.0187. The van der Waals surface area contributed by atoms with Gasteiger partial charge in [0.15, 0.2) is 0 Å². The minimum Gasteiger partial charge on any atom is -0.481 e. The number of carboxylic acid groups (broad SMARTS) is 1. The highest BCUT2D eigenvalue weighted by molar-refractivity contribution is 6.21. The molecule has 0 bridgehead atoms. The second kappa shape index (κ2) is 8.66. The van der Waals surface area contributed by atoms with Crippen LogP contribution in [0.3, 0.4) is 0 Å². The molecule has 2 aliphatic heterocycles. The van der Waals surface area contributed by atoms with Crippen molar-refractivity contribution in [2.45, 2.75) is 38.1 Å². The lowest BCUT2D eigenvalue weighted by Gasteiger charge is -2.42. The highest BCUT2D eigenvalue weighted by atomic mass is 19.1. The molecular weight excluding hydrogens is 439 g/mol. The van der Waals surface area contributed by atoms with Gasteiger partial charge >= 0.3 is 5.97 Å². The average molecular weight is 464 g/mol. The molecule has 34 heavy (non-hydrogen) atoms. The number of halogens is 1. The Morgan fingerprint density at radius 2 is 1.68 bits per heavy atom. The van der Waals surface area contributed by atoms with Gasteiger partial charge in [-0.1, -0.05) is 37.1 Å². The summed E-state index contributed by atoms with van der Waals surface area (Å²) in [5.41, 5.74) is 2.03. The SMILES string of the molecule is O=C(O)C1CCCCC1C(=O)N1CCc2ccccc2C1CN1C(=O)c2ccc(F)cc2C1=O. The summed E-state index contributed by atoms with van der Waals surface area (Å²) in [6.45, 7) is 0.308. The van der Waals surface area contributed by atoms with Crippen molar-refractivity contribution in [3.05, 3.63) is 70.5 Å². The fraction of sp³-hybridized carbons (Fsp3) is 0.385. The topological polar surface area (TPSA) is 95.0 Å². The van der Waals surface area contributed by atoms with Gasteiger partial charge in [0.25, 0.3) is 11.8 Å². The second-order valence-corrected chi connectivity index (χ2v) is 9.24. The smallest absolute Gasteiger partial charge is 0.307 e. The van der Waals surface area contributed by atoms with Crippen LogP contribution < -0.4 is 0 Å². The number of benzene rings is 2. The van der Waals surface area contributed by atoms with E-state index in [4.69, 9.17) is 0 Å². The van der Waals surface area contributed by atoms with Gasteiger partial charge in [-0.05, 0) is 48.6 Å². The lowest BCUT2D eigenvalue weighted by atomic mass is 9.77. The van der Waals surface area contributed by atoms with Crippen LogP contribution in [0, 0.1) is 17.7 Å². The van der Waals surface area contributed by atoms with Crippen LogP contribution in [0.5, 0.6) is 0 Å². The molecule has 0 aromatic heterocycles. The summed E-state index contributed by atoms with van der Waals surface area (Å²) in [6, 6.07) is 10.5. The summed E-state index contributed by atoms with van der Waals surface area (Å²) < 4.78 is 13.7. The third-order valence-electron chi connectivity index (χ3n) is 7.38. The van der Waals surface area contributed by atoms with Gasteiger partial charge in [0.2, 0.25) is 5.91 Å². The number of carboxylic acids is 1. The van der Waals surface area contributed by atoms with Gasteiger partial charge in [0.1, 0.15) is 5.82 Å². The molecule has 3 amide bonds. The summed E-state index contributed by atoms with van der Waals surface area (Å²) in [4.78, 5) is 54.3. The van der Waals surface area contributed by atoms with Crippen LogP contribution in [0.4, 0.5) is 4.39 Å². The average Bonchev–Trinajstić information content (AvgIpc) is 3.07. The molecule has 0 radical (unpaired) electrons. The normalized spacial score (nSPS) is 24.1. The Hall–Kier alpha value is -3.55.